The molecule has 1 heterocycles. The Bertz CT molecular complexity index is 2780. The Balaban J connectivity index is 0.000000278. The normalized spacial score (nSPS) is 16.1. The first-order valence-electron chi connectivity index (χ1n) is 27.3. The van der Waals surface area contributed by atoms with Crippen LogP contribution in [0.1, 0.15) is 201 Å². The van der Waals surface area contributed by atoms with Crippen molar-refractivity contribution in [2.45, 2.75) is 209 Å². The summed E-state index contributed by atoms with van der Waals surface area (Å²) in [7, 11) is -0.720. The van der Waals surface area contributed by atoms with Crippen LogP contribution < -0.4 is 16.1 Å². The summed E-state index contributed by atoms with van der Waals surface area (Å²) < 4.78 is 64.9. The van der Waals surface area contributed by atoms with Crippen LogP contribution in [0.4, 0.5) is 18.4 Å². The van der Waals surface area contributed by atoms with Crippen LogP contribution in [-0.2, 0) is 37.8 Å². The van der Waals surface area contributed by atoms with Crippen molar-refractivity contribution in [3.05, 3.63) is 120 Å². The van der Waals surface area contributed by atoms with Gasteiger partial charge in [-0.05, 0) is 235 Å². The van der Waals surface area contributed by atoms with E-state index in [1.165, 1.54) is 52.4 Å². The number of ether oxygens (including phenoxy) is 4. The highest BCUT2D eigenvalue weighted by molar-refractivity contribution is 9.10. The molecule has 2 amide bonds. The van der Waals surface area contributed by atoms with Gasteiger partial charge in [-0.3, -0.25) is 9.59 Å². The molecule has 2 saturated carbocycles. The van der Waals surface area contributed by atoms with Crippen molar-refractivity contribution in [2.75, 3.05) is 13.2 Å². The molecule has 17 heteroatoms. The molecule has 2 N–H and O–H groups in total. The Morgan fingerprint density at radius 3 is 1.34 bits per heavy atom. The van der Waals surface area contributed by atoms with E-state index in [1.807, 2.05) is 33.8 Å². The molecule has 1 saturated heterocycles. The van der Waals surface area contributed by atoms with Crippen molar-refractivity contribution < 1.29 is 56.2 Å². The van der Waals surface area contributed by atoms with Gasteiger partial charge < -0.3 is 38.9 Å². The maximum atomic E-state index is 15.4. The molecule has 0 spiro atoms. The maximum Gasteiger partial charge on any atom is 0.494 e. The zero-order valence-electron chi connectivity index (χ0n) is 49.9. The zero-order chi connectivity index (χ0) is 58.4. The second-order valence-electron chi connectivity index (χ2n) is 24.0. The fourth-order valence-corrected chi connectivity index (χ4v) is 9.50. The molecule has 79 heavy (non-hydrogen) atoms. The quantitative estimate of drug-likeness (QED) is 0.0710. The lowest BCUT2D eigenvalue weighted by Gasteiger charge is -2.32. The van der Waals surface area contributed by atoms with Crippen LogP contribution in [0.5, 0.6) is 0 Å². The number of carbonyl (C=O) groups is 4. The van der Waals surface area contributed by atoms with E-state index in [1.54, 1.807) is 87.4 Å². The number of esters is 2. The summed E-state index contributed by atoms with van der Waals surface area (Å²) in [4.78, 5) is 49.5. The topological polar surface area (TPSA) is 148 Å². The van der Waals surface area contributed by atoms with E-state index in [0.717, 1.165) is 28.2 Å². The minimum Gasteiger partial charge on any atom is -0.466 e. The van der Waals surface area contributed by atoms with Gasteiger partial charge in [0, 0.05) is 15.6 Å². The van der Waals surface area contributed by atoms with Crippen LogP contribution >= 0.6 is 29.4 Å². The van der Waals surface area contributed by atoms with Crippen molar-refractivity contribution >= 4 is 66.1 Å². The van der Waals surface area contributed by atoms with E-state index in [0.29, 0.717) is 22.5 Å². The Morgan fingerprint density at radius 1 is 0.608 bits per heavy atom. The van der Waals surface area contributed by atoms with Crippen LogP contribution in [0, 0.1) is 53.2 Å². The smallest absolute Gasteiger partial charge is 0.466 e. The molecular formula is C62H86BBrF2N2O10S. The SMILES string of the molecule is CCOC(=O)C[C@H](NC(=O)OC(C)(C)C)c1cc(-c2c(C)cc(C3CC3)cc2C)cc(C)c1F.CCOC(=O)C[C@H](NC(=O)OC(C)(C)C)c1cc(B2OC(C)(C)C(C)(C)O2)cc(C)c1F.Cc1cc(C2CC2)cc(C)c1Br.S. The molecule has 3 aliphatic rings. The summed E-state index contributed by atoms with van der Waals surface area (Å²) in [6, 6.07) is 13.9. The number of amides is 2. The van der Waals surface area contributed by atoms with Gasteiger partial charge in [0.25, 0.3) is 0 Å². The standard InChI is InChI=1S/C28H36FNO4.C23H35BFNO6.C11H13Br.H2S/c1-8-33-24(31)15-23(30-27(32)34-28(5,6)7)22-14-21(13-18(4)26(22)29)25-16(2)11-20(12-17(25)3)19-9-10-19;1-10-29-18(27)13-17(26-20(28)30-21(3,4)5)16-12-15(11-14(2)19(16)25)24-31-22(6,7)23(8,9)32-24;1-7-5-10(9-3-4-9)6-8(2)11(7)12;/h11-14,19,23H,8-10,15H2,1-7H3,(H,30,32);11-12,17H,10,13H2,1-9H3,(H,26,28);5-6,9H,3-4H2,1-2H3;1H2/t23-;17-;;/m00../s1. The predicted molar refractivity (Wildman–Crippen MR) is 318 cm³/mol. The summed E-state index contributed by atoms with van der Waals surface area (Å²) in [6.07, 6.45) is 3.30. The molecule has 1 aliphatic heterocycles. The molecule has 0 radical (unpaired) electrons. The van der Waals surface area contributed by atoms with Crippen molar-refractivity contribution in [3.63, 3.8) is 0 Å². The van der Waals surface area contributed by atoms with E-state index in [4.69, 9.17) is 28.3 Å². The second kappa shape index (κ2) is 27.2. The molecule has 2 atom stereocenters. The lowest BCUT2D eigenvalue weighted by Crippen LogP contribution is -2.41. The highest BCUT2D eigenvalue weighted by Gasteiger charge is 2.52. The Hall–Kier alpha value is -4.97. The molecular weight excluding hydrogens is 1090 g/mol. The van der Waals surface area contributed by atoms with Crippen LogP contribution in [0.3, 0.4) is 0 Å². The van der Waals surface area contributed by atoms with Gasteiger partial charge in [-0.25, -0.2) is 18.4 Å². The number of nitrogens with one attached hydrogen (secondary N) is 2. The second-order valence-corrected chi connectivity index (χ2v) is 24.8. The summed E-state index contributed by atoms with van der Waals surface area (Å²) in [5, 5.41) is 5.30. The number of benzene rings is 4. The highest BCUT2D eigenvalue weighted by Crippen LogP contribution is 2.44. The Morgan fingerprint density at radius 2 is 0.975 bits per heavy atom. The van der Waals surface area contributed by atoms with Crippen LogP contribution in [0.15, 0.2) is 53.0 Å². The highest BCUT2D eigenvalue weighted by atomic mass is 79.9. The summed E-state index contributed by atoms with van der Waals surface area (Å²) in [6.45, 7) is 33.7. The van der Waals surface area contributed by atoms with Crippen molar-refractivity contribution in [2.24, 2.45) is 0 Å². The Kier molecular flexibility index (Phi) is 22.9. The van der Waals surface area contributed by atoms with Crippen LogP contribution in [-0.4, -0.2) is 66.9 Å². The fourth-order valence-electron chi connectivity index (χ4n) is 9.28. The van der Waals surface area contributed by atoms with E-state index in [2.05, 4.69) is 78.5 Å². The summed E-state index contributed by atoms with van der Waals surface area (Å²) in [5.41, 5.74) is 8.90. The van der Waals surface area contributed by atoms with Crippen molar-refractivity contribution in [1.29, 1.82) is 0 Å². The lowest BCUT2D eigenvalue weighted by molar-refractivity contribution is -0.144. The molecule has 0 bridgehead atoms. The number of halogens is 3. The van der Waals surface area contributed by atoms with E-state index < -0.39 is 77.4 Å². The third kappa shape index (κ3) is 18.8. The largest absolute Gasteiger partial charge is 0.494 e. The number of alkyl carbamates (subject to hydrolysis) is 2. The Labute approximate surface area is 484 Å². The van der Waals surface area contributed by atoms with Crippen LogP contribution in [0.25, 0.3) is 11.1 Å². The van der Waals surface area contributed by atoms with Gasteiger partial charge in [-0.2, -0.15) is 13.5 Å². The molecule has 4 aromatic carbocycles. The number of carbonyl (C=O) groups excluding carboxylic acids is 4. The van der Waals surface area contributed by atoms with Crippen molar-refractivity contribution in [3.8, 4) is 11.1 Å². The van der Waals surface area contributed by atoms with E-state index in [9.17, 15) is 19.2 Å². The molecule has 7 rings (SSSR count). The predicted octanol–water partition coefficient (Wildman–Crippen LogP) is 14.8. The zero-order valence-corrected chi connectivity index (χ0v) is 52.5. The number of hydrogen-bond donors (Lipinski definition) is 2. The number of hydrogen-bond acceptors (Lipinski definition) is 10. The van der Waals surface area contributed by atoms with Gasteiger partial charge in [0.1, 0.15) is 22.8 Å². The molecule has 3 fully saturated rings. The maximum absolute atomic E-state index is 15.4. The van der Waals surface area contributed by atoms with Gasteiger partial charge in [-0.1, -0.05) is 52.3 Å². The first-order valence-corrected chi connectivity index (χ1v) is 28.1. The molecule has 2 aliphatic carbocycles. The number of rotatable bonds is 14. The van der Waals surface area contributed by atoms with E-state index in [-0.39, 0.29) is 50.7 Å². The molecule has 0 unspecified atom stereocenters. The summed E-state index contributed by atoms with van der Waals surface area (Å²) in [5.74, 6) is -0.562. The van der Waals surface area contributed by atoms with E-state index >= 15 is 8.78 Å². The molecule has 4 aromatic rings. The van der Waals surface area contributed by atoms with Gasteiger partial charge >= 0.3 is 31.2 Å². The van der Waals surface area contributed by atoms with Gasteiger partial charge in [-0.15, -0.1) is 0 Å². The first kappa shape index (κ1) is 66.5. The van der Waals surface area contributed by atoms with Gasteiger partial charge in [0.2, 0.25) is 0 Å². The molecule has 434 valence electrons. The average molecular weight is 1180 g/mol. The van der Waals surface area contributed by atoms with Gasteiger partial charge in [0.15, 0.2) is 0 Å². The lowest BCUT2D eigenvalue weighted by atomic mass is 9.76. The first-order chi connectivity index (χ1) is 36.1. The third-order valence-corrected chi connectivity index (χ3v) is 15.2. The van der Waals surface area contributed by atoms with Crippen LogP contribution in [0.2, 0.25) is 0 Å². The molecule has 0 aromatic heterocycles. The minimum absolute atomic E-state index is 0. The molecule has 12 nitrogen and oxygen atoms in total. The average Bonchev–Trinajstić information content (AvgIpc) is 4.24. The van der Waals surface area contributed by atoms with Crippen molar-refractivity contribution in [1.82, 2.24) is 10.6 Å². The van der Waals surface area contributed by atoms with Gasteiger partial charge in [0.05, 0.1) is 49.3 Å². The monoisotopic (exact) mass is 1180 g/mol. The number of aryl methyl sites for hydroxylation is 6. The fraction of sp³-hybridized carbons (Fsp3) is 0.548. The third-order valence-electron chi connectivity index (χ3n) is 14.0. The summed E-state index contributed by atoms with van der Waals surface area (Å²) >= 11 is 3.58. The minimum atomic E-state index is -0.995.